The van der Waals surface area contributed by atoms with E-state index in [0.717, 1.165) is 0 Å². The van der Waals surface area contributed by atoms with Crippen LogP contribution < -0.4 is 11.1 Å². The number of ether oxygens (including phenoxy) is 2. The number of amides is 1. The number of hydrogen-bond acceptors (Lipinski definition) is 6. The molecule has 8 nitrogen and oxygen atoms in total. The lowest BCUT2D eigenvalue weighted by atomic mass is 9.86. The molecule has 28 heavy (non-hydrogen) atoms. The highest BCUT2D eigenvalue weighted by molar-refractivity contribution is 5.80. The van der Waals surface area contributed by atoms with Gasteiger partial charge in [-0.25, -0.2) is 4.79 Å². The zero-order chi connectivity index (χ0) is 21.4. The molecule has 1 saturated carbocycles. The number of carboxylic acids is 1. The first-order chi connectivity index (χ1) is 13.0. The van der Waals surface area contributed by atoms with Crippen LogP contribution in [-0.4, -0.2) is 59.8 Å². The molecule has 8 heteroatoms. The van der Waals surface area contributed by atoms with Gasteiger partial charge in [-0.3, -0.25) is 4.79 Å². The van der Waals surface area contributed by atoms with Gasteiger partial charge >= 0.3 is 5.97 Å². The fraction of sp³-hybridized carbons (Fsp3) is 0.900. The van der Waals surface area contributed by atoms with Crippen LogP contribution >= 0.6 is 0 Å². The maximum Gasteiger partial charge on any atom is 0.333 e. The lowest BCUT2D eigenvalue weighted by Gasteiger charge is -2.43. The quantitative estimate of drug-likeness (QED) is 0.531. The van der Waals surface area contributed by atoms with Crippen molar-refractivity contribution in [3.8, 4) is 0 Å². The molecular weight excluding hydrogens is 364 g/mol. The third-order valence-corrected chi connectivity index (χ3v) is 5.16. The average Bonchev–Trinajstić information content (AvgIpc) is 2.63. The molecule has 1 aliphatic heterocycles. The topological polar surface area (TPSA) is 131 Å². The number of hydrogen-bond donors (Lipinski definition) is 4. The maximum atomic E-state index is 11.4. The molecule has 1 unspecified atom stereocenters. The number of nitrogens with two attached hydrogens (primary N) is 1. The van der Waals surface area contributed by atoms with Crippen molar-refractivity contribution in [3.05, 3.63) is 0 Å². The van der Waals surface area contributed by atoms with Crippen molar-refractivity contribution in [2.45, 2.75) is 84.2 Å². The third-order valence-electron chi connectivity index (χ3n) is 5.16. The first-order valence-electron chi connectivity index (χ1n) is 10.2. The van der Waals surface area contributed by atoms with Crippen molar-refractivity contribution in [1.29, 1.82) is 0 Å². The van der Waals surface area contributed by atoms with E-state index in [4.69, 9.17) is 20.3 Å². The summed E-state index contributed by atoms with van der Waals surface area (Å²) in [7, 11) is 0. The van der Waals surface area contributed by atoms with Crippen LogP contribution in [0.2, 0.25) is 0 Å². The predicted molar refractivity (Wildman–Crippen MR) is 106 cm³/mol. The maximum absolute atomic E-state index is 11.4. The minimum Gasteiger partial charge on any atom is -0.479 e. The Morgan fingerprint density at radius 3 is 2.29 bits per heavy atom. The van der Waals surface area contributed by atoms with Gasteiger partial charge in [0.15, 0.2) is 11.9 Å². The van der Waals surface area contributed by atoms with Gasteiger partial charge < -0.3 is 30.7 Å². The van der Waals surface area contributed by atoms with Gasteiger partial charge in [0, 0.05) is 12.0 Å². The predicted octanol–water partition coefficient (Wildman–Crippen LogP) is 1.64. The molecular formula is C20H38N2O6. The summed E-state index contributed by atoms with van der Waals surface area (Å²) >= 11 is 0. The van der Waals surface area contributed by atoms with Gasteiger partial charge in [0.05, 0.1) is 6.61 Å². The summed E-state index contributed by atoms with van der Waals surface area (Å²) in [6, 6.07) is 0. The zero-order valence-corrected chi connectivity index (χ0v) is 17.7. The monoisotopic (exact) mass is 402 g/mol. The number of carboxylic acid groups (broad SMARTS) is 1. The van der Waals surface area contributed by atoms with Crippen LogP contribution in [-0.2, 0) is 19.1 Å². The Hall–Kier alpha value is -1.22. The average molecular weight is 403 g/mol. The van der Waals surface area contributed by atoms with Crippen LogP contribution in [0.3, 0.4) is 0 Å². The first kappa shape index (κ1) is 24.8. The van der Waals surface area contributed by atoms with E-state index in [1.807, 2.05) is 13.8 Å². The van der Waals surface area contributed by atoms with Gasteiger partial charge in [0.2, 0.25) is 5.91 Å². The minimum atomic E-state index is -0.932. The highest BCUT2D eigenvalue weighted by atomic mass is 16.7. The molecule has 0 spiro atoms. The number of aliphatic hydroxyl groups is 1. The SMILES string of the molecule is CC1(C)OCC(C)(C)[C@H](C(=O)O)O1.NCCC(O)C(=O)NCC1CCCCC1. The molecule has 0 bridgehead atoms. The van der Waals surface area contributed by atoms with E-state index < -0.39 is 29.4 Å². The summed E-state index contributed by atoms with van der Waals surface area (Å²) in [6.07, 6.45) is 4.88. The number of aliphatic hydroxyl groups excluding tert-OH is 1. The van der Waals surface area contributed by atoms with E-state index in [0.29, 0.717) is 32.0 Å². The normalized spacial score (nSPS) is 25.1. The Kier molecular flexibility index (Phi) is 9.83. The second-order valence-corrected chi connectivity index (χ2v) is 8.86. The van der Waals surface area contributed by atoms with Gasteiger partial charge in [0.1, 0.15) is 6.10 Å². The van der Waals surface area contributed by atoms with Crippen molar-refractivity contribution < 1.29 is 29.3 Å². The van der Waals surface area contributed by atoms with E-state index in [1.165, 1.54) is 32.1 Å². The largest absolute Gasteiger partial charge is 0.479 e. The second-order valence-electron chi connectivity index (χ2n) is 8.86. The molecule has 1 amide bonds. The van der Waals surface area contributed by atoms with E-state index in [9.17, 15) is 14.7 Å². The Balaban J connectivity index is 0.000000283. The molecule has 0 aromatic rings. The van der Waals surface area contributed by atoms with Crippen LogP contribution in [0.25, 0.3) is 0 Å². The summed E-state index contributed by atoms with van der Waals surface area (Å²) in [6.45, 7) is 8.54. The summed E-state index contributed by atoms with van der Waals surface area (Å²) in [5.74, 6) is -1.39. The Bertz CT molecular complexity index is 503. The summed E-state index contributed by atoms with van der Waals surface area (Å²) in [5.41, 5.74) is 4.80. The van der Waals surface area contributed by atoms with Gasteiger partial charge in [-0.05, 0) is 45.6 Å². The smallest absolute Gasteiger partial charge is 0.333 e. The fourth-order valence-electron chi connectivity index (χ4n) is 3.34. The lowest BCUT2D eigenvalue weighted by Crippen LogP contribution is -2.53. The molecule has 2 atom stereocenters. The zero-order valence-electron chi connectivity index (χ0n) is 17.7. The standard InChI is InChI=1S/C11H22N2O2.C9H16O4/c12-7-6-10(14)11(15)13-8-9-4-2-1-3-5-9;1-8(2)5-12-9(3,4)13-6(8)7(10)11/h9-10,14H,1-8,12H2,(H,13,15);6H,5H2,1-4H3,(H,10,11)/t;6-/m.0/s1. The van der Waals surface area contributed by atoms with E-state index in [-0.39, 0.29) is 5.91 Å². The number of nitrogens with one attached hydrogen (secondary N) is 1. The van der Waals surface area contributed by atoms with Crippen LogP contribution in [0, 0.1) is 11.3 Å². The third kappa shape index (κ3) is 8.43. The Labute approximate surface area is 168 Å². The molecule has 164 valence electrons. The van der Waals surface area contributed by atoms with Gasteiger partial charge in [0.25, 0.3) is 0 Å². The van der Waals surface area contributed by atoms with Gasteiger partial charge in [-0.2, -0.15) is 0 Å². The summed E-state index contributed by atoms with van der Waals surface area (Å²) < 4.78 is 10.7. The number of aliphatic carboxylic acids is 1. The van der Waals surface area contributed by atoms with E-state index in [1.54, 1.807) is 13.8 Å². The Morgan fingerprint density at radius 1 is 1.18 bits per heavy atom. The molecule has 2 aliphatic rings. The van der Waals surface area contributed by atoms with E-state index >= 15 is 0 Å². The van der Waals surface area contributed by atoms with Crippen LogP contribution in [0.4, 0.5) is 0 Å². The van der Waals surface area contributed by atoms with Crippen molar-refractivity contribution in [2.24, 2.45) is 17.1 Å². The number of rotatable bonds is 6. The second kappa shape index (κ2) is 11.1. The molecule has 0 radical (unpaired) electrons. The summed E-state index contributed by atoms with van der Waals surface area (Å²) in [4.78, 5) is 22.2. The highest BCUT2D eigenvalue weighted by Crippen LogP contribution is 2.34. The number of carbonyl (C=O) groups is 2. The fourth-order valence-corrected chi connectivity index (χ4v) is 3.34. The molecule has 5 N–H and O–H groups in total. The Morgan fingerprint density at radius 2 is 1.79 bits per heavy atom. The van der Waals surface area contributed by atoms with Crippen molar-refractivity contribution in [2.75, 3.05) is 19.7 Å². The van der Waals surface area contributed by atoms with Gasteiger partial charge in [-0.1, -0.05) is 33.1 Å². The van der Waals surface area contributed by atoms with Gasteiger partial charge in [-0.15, -0.1) is 0 Å². The lowest BCUT2D eigenvalue weighted by molar-refractivity contribution is -0.307. The van der Waals surface area contributed by atoms with Crippen molar-refractivity contribution in [3.63, 3.8) is 0 Å². The molecule has 0 aromatic heterocycles. The molecule has 0 aromatic carbocycles. The number of carbonyl (C=O) groups excluding carboxylic acids is 1. The van der Waals surface area contributed by atoms with Crippen LogP contribution in [0.15, 0.2) is 0 Å². The van der Waals surface area contributed by atoms with E-state index in [2.05, 4.69) is 5.32 Å². The van der Waals surface area contributed by atoms with Crippen molar-refractivity contribution in [1.82, 2.24) is 5.32 Å². The molecule has 2 rings (SSSR count). The van der Waals surface area contributed by atoms with Crippen LogP contribution in [0.1, 0.15) is 66.2 Å². The molecule has 1 saturated heterocycles. The minimum absolute atomic E-state index is 0.272. The molecule has 2 fully saturated rings. The molecule has 1 heterocycles. The first-order valence-corrected chi connectivity index (χ1v) is 10.2. The van der Waals surface area contributed by atoms with Crippen molar-refractivity contribution >= 4 is 11.9 Å². The summed E-state index contributed by atoms with van der Waals surface area (Å²) in [5, 5.41) is 21.1. The highest BCUT2D eigenvalue weighted by Gasteiger charge is 2.45. The van der Waals surface area contributed by atoms with Crippen LogP contribution in [0.5, 0.6) is 0 Å². The molecule has 1 aliphatic carbocycles.